The van der Waals surface area contributed by atoms with Gasteiger partial charge in [0.15, 0.2) is 0 Å². The molecule has 0 radical (unpaired) electrons. The van der Waals surface area contributed by atoms with E-state index in [4.69, 9.17) is 17.3 Å². The monoisotopic (exact) mass is 416 g/mol. The first kappa shape index (κ1) is 17.8. The molecule has 0 spiro atoms. The summed E-state index contributed by atoms with van der Waals surface area (Å²) in [6.07, 6.45) is 0.815. The Bertz CT molecular complexity index is 933. The maximum atomic E-state index is 11.8. The molecule has 0 atom stereocenters. The van der Waals surface area contributed by atoms with Crippen molar-refractivity contribution in [2.75, 3.05) is 0 Å². The summed E-state index contributed by atoms with van der Waals surface area (Å²) < 4.78 is 3.13. The summed E-state index contributed by atoms with van der Waals surface area (Å²) in [6.45, 7) is 2.67. The van der Waals surface area contributed by atoms with Gasteiger partial charge in [0.1, 0.15) is 0 Å². The Hall–Kier alpha value is -2.04. The summed E-state index contributed by atoms with van der Waals surface area (Å²) in [4.78, 5) is 11.8. The minimum absolute atomic E-state index is 0.407. The highest BCUT2D eigenvalue weighted by atomic mass is 79.9. The maximum Gasteiger partial charge on any atom is 0.250 e. The van der Waals surface area contributed by atoms with Gasteiger partial charge >= 0.3 is 0 Å². The van der Waals surface area contributed by atoms with E-state index in [1.54, 1.807) is 0 Å². The fourth-order valence-electron chi connectivity index (χ4n) is 3.00. The molecule has 0 aliphatic carbocycles. The lowest BCUT2D eigenvalue weighted by Crippen LogP contribution is -2.13. The smallest absolute Gasteiger partial charge is 0.250 e. The van der Waals surface area contributed by atoms with Gasteiger partial charge in [-0.1, -0.05) is 51.8 Å². The number of hydrogen-bond acceptors (Lipinski definition) is 1. The molecule has 3 rings (SSSR count). The lowest BCUT2D eigenvalue weighted by molar-refractivity contribution is 0.0999. The molecule has 2 aromatic carbocycles. The highest BCUT2D eigenvalue weighted by Gasteiger charge is 2.16. The number of amides is 1. The van der Waals surface area contributed by atoms with Gasteiger partial charge in [-0.15, -0.1) is 0 Å². The van der Waals surface area contributed by atoms with Gasteiger partial charge in [-0.2, -0.15) is 0 Å². The maximum absolute atomic E-state index is 11.8. The van der Waals surface area contributed by atoms with Gasteiger partial charge in [0.2, 0.25) is 0 Å². The molecule has 25 heavy (non-hydrogen) atoms. The summed E-state index contributed by atoms with van der Waals surface area (Å²) in [6, 6.07) is 17.7. The van der Waals surface area contributed by atoms with Crippen LogP contribution in [0.1, 0.15) is 21.6 Å². The predicted molar refractivity (Wildman–Crippen MR) is 106 cm³/mol. The van der Waals surface area contributed by atoms with Gasteiger partial charge in [0, 0.05) is 27.4 Å². The third kappa shape index (κ3) is 3.97. The van der Waals surface area contributed by atoms with Crippen molar-refractivity contribution in [1.29, 1.82) is 0 Å². The van der Waals surface area contributed by atoms with Crippen LogP contribution in [0.2, 0.25) is 5.02 Å². The van der Waals surface area contributed by atoms with Crippen LogP contribution in [0.4, 0.5) is 0 Å². The van der Waals surface area contributed by atoms with Crippen LogP contribution < -0.4 is 5.73 Å². The molecule has 3 nitrogen and oxygen atoms in total. The van der Waals surface area contributed by atoms with E-state index in [0.717, 1.165) is 45.0 Å². The molecule has 1 amide bonds. The van der Waals surface area contributed by atoms with Crippen LogP contribution in [-0.4, -0.2) is 10.5 Å². The molecule has 1 heterocycles. The molecular weight excluding hydrogens is 400 g/mol. The normalized spacial score (nSPS) is 10.8. The number of aromatic nitrogens is 1. The third-order valence-electron chi connectivity index (χ3n) is 4.27. The third-order valence-corrected chi connectivity index (χ3v) is 4.99. The molecule has 128 valence electrons. The molecule has 0 aliphatic rings. The van der Waals surface area contributed by atoms with Gasteiger partial charge < -0.3 is 10.3 Å². The Morgan fingerprint density at radius 2 is 1.92 bits per heavy atom. The van der Waals surface area contributed by atoms with Crippen molar-refractivity contribution >= 4 is 33.4 Å². The Morgan fingerprint density at radius 3 is 2.60 bits per heavy atom. The Balaban J connectivity index is 2.00. The lowest BCUT2D eigenvalue weighted by Gasteiger charge is -2.13. The Morgan fingerprint density at radius 1 is 1.16 bits per heavy atom. The van der Waals surface area contributed by atoms with Crippen molar-refractivity contribution in [1.82, 2.24) is 4.57 Å². The number of halogens is 2. The SMILES string of the molecule is Cc1c(C(N)=O)cc(-c2cccc(Br)c2)n1CCc1cccc(Cl)c1. The average molecular weight is 418 g/mol. The van der Waals surface area contributed by atoms with Crippen LogP contribution in [0.15, 0.2) is 59.1 Å². The van der Waals surface area contributed by atoms with Crippen LogP contribution in [0, 0.1) is 6.92 Å². The van der Waals surface area contributed by atoms with Crippen LogP contribution in [-0.2, 0) is 13.0 Å². The number of aryl methyl sites for hydroxylation is 1. The molecule has 0 bridgehead atoms. The first-order valence-corrected chi connectivity index (χ1v) is 9.13. The second kappa shape index (κ2) is 7.46. The number of nitrogens with zero attached hydrogens (tertiary/aromatic N) is 1. The lowest BCUT2D eigenvalue weighted by atomic mass is 10.1. The minimum atomic E-state index is -0.407. The molecule has 0 fully saturated rings. The zero-order valence-electron chi connectivity index (χ0n) is 13.8. The second-order valence-corrected chi connectivity index (χ2v) is 7.29. The van der Waals surface area contributed by atoms with E-state index in [9.17, 15) is 4.79 Å². The number of nitrogens with two attached hydrogens (primary N) is 1. The summed E-state index contributed by atoms with van der Waals surface area (Å²) in [5.74, 6) is -0.407. The highest BCUT2D eigenvalue weighted by Crippen LogP contribution is 2.28. The molecule has 1 aromatic heterocycles. The highest BCUT2D eigenvalue weighted by molar-refractivity contribution is 9.10. The average Bonchev–Trinajstić information content (AvgIpc) is 2.90. The zero-order valence-corrected chi connectivity index (χ0v) is 16.1. The van der Waals surface area contributed by atoms with E-state index in [1.807, 2.05) is 55.5 Å². The van der Waals surface area contributed by atoms with Crippen molar-refractivity contribution in [2.45, 2.75) is 19.9 Å². The molecule has 0 unspecified atom stereocenters. The first-order valence-electron chi connectivity index (χ1n) is 7.96. The molecule has 3 aromatic rings. The molecule has 0 aliphatic heterocycles. The van der Waals surface area contributed by atoms with E-state index in [1.165, 1.54) is 0 Å². The summed E-state index contributed by atoms with van der Waals surface area (Å²) in [5, 5.41) is 0.728. The first-order chi connectivity index (χ1) is 12.0. The van der Waals surface area contributed by atoms with E-state index >= 15 is 0 Å². The van der Waals surface area contributed by atoms with Gasteiger partial charge in [-0.3, -0.25) is 4.79 Å². The summed E-state index contributed by atoms with van der Waals surface area (Å²) >= 11 is 9.58. The number of hydrogen-bond donors (Lipinski definition) is 1. The fourth-order valence-corrected chi connectivity index (χ4v) is 3.62. The van der Waals surface area contributed by atoms with Crippen molar-refractivity contribution in [3.8, 4) is 11.3 Å². The molecule has 0 saturated heterocycles. The van der Waals surface area contributed by atoms with E-state index in [-0.39, 0.29) is 0 Å². The van der Waals surface area contributed by atoms with E-state index in [2.05, 4.69) is 26.6 Å². The van der Waals surface area contributed by atoms with Crippen LogP contribution >= 0.6 is 27.5 Å². The fraction of sp³-hybridized carbons (Fsp3) is 0.150. The molecule has 0 saturated carbocycles. The number of carbonyl (C=O) groups excluding carboxylic acids is 1. The van der Waals surface area contributed by atoms with E-state index < -0.39 is 5.91 Å². The topological polar surface area (TPSA) is 48.0 Å². The van der Waals surface area contributed by atoms with Crippen molar-refractivity contribution in [3.63, 3.8) is 0 Å². The minimum Gasteiger partial charge on any atom is -0.366 e. The standard InChI is InChI=1S/C20H18BrClN2O/c1-13-18(20(23)25)12-19(15-5-3-6-16(21)11-15)24(13)9-8-14-4-2-7-17(22)10-14/h2-7,10-12H,8-9H2,1H3,(H2,23,25). The van der Waals surface area contributed by atoms with Crippen LogP contribution in [0.3, 0.4) is 0 Å². The largest absolute Gasteiger partial charge is 0.366 e. The Kier molecular flexibility index (Phi) is 5.30. The molecule has 2 N–H and O–H groups in total. The Labute approximate surface area is 160 Å². The summed E-state index contributed by atoms with van der Waals surface area (Å²) in [5.41, 5.74) is 10.2. The summed E-state index contributed by atoms with van der Waals surface area (Å²) in [7, 11) is 0. The molecular formula is C20H18BrClN2O. The molecule has 5 heteroatoms. The van der Waals surface area contributed by atoms with Crippen LogP contribution in [0.5, 0.6) is 0 Å². The van der Waals surface area contributed by atoms with E-state index in [0.29, 0.717) is 5.56 Å². The van der Waals surface area contributed by atoms with Gasteiger partial charge in [-0.05, 0) is 54.8 Å². The predicted octanol–water partition coefficient (Wildman–Crippen LogP) is 5.22. The zero-order chi connectivity index (χ0) is 18.0. The quantitative estimate of drug-likeness (QED) is 0.608. The number of carbonyl (C=O) groups is 1. The van der Waals surface area contributed by atoms with Crippen molar-refractivity contribution in [2.24, 2.45) is 5.73 Å². The number of primary amides is 1. The van der Waals surface area contributed by atoms with Gasteiger partial charge in [0.25, 0.3) is 5.91 Å². The number of benzene rings is 2. The number of rotatable bonds is 5. The van der Waals surface area contributed by atoms with Crippen LogP contribution in [0.25, 0.3) is 11.3 Å². The van der Waals surface area contributed by atoms with Gasteiger partial charge in [0.05, 0.1) is 5.56 Å². The second-order valence-electron chi connectivity index (χ2n) is 5.93. The van der Waals surface area contributed by atoms with Crippen molar-refractivity contribution < 1.29 is 4.79 Å². The van der Waals surface area contributed by atoms with Gasteiger partial charge in [-0.25, -0.2) is 0 Å². The van der Waals surface area contributed by atoms with Crippen molar-refractivity contribution in [3.05, 3.63) is 80.9 Å².